The first-order valence-electron chi connectivity index (χ1n) is 6.50. The van der Waals surface area contributed by atoms with E-state index >= 15 is 0 Å². The van der Waals surface area contributed by atoms with Gasteiger partial charge < -0.3 is 10.6 Å². The molecule has 90 valence electrons. The molecule has 0 heterocycles. The second kappa shape index (κ2) is 6.04. The van der Waals surface area contributed by atoms with Gasteiger partial charge in [-0.15, -0.1) is 0 Å². The summed E-state index contributed by atoms with van der Waals surface area (Å²) in [6.45, 7) is 2.29. The van der Waals surface area contributed by atoms with E-state index < -0.39 is 0 Å². The summed E-state index contributed by atoms with van der Waals surface area (Å²) >= 11 is 0. The summed E-state index contributed by atoms with van der Waals surface area (Å²) in [6.07, 6.45) is 9.86. The Hall–Kier alpha value is -0.830. The van der Waals surface area contributed by atoms with Crippen LogP contribution >= 0.6 is 0 Å². The topological polar surface area (TPSA) is 41.1 Å². The van der Waals surface area contributed by atoms with E-state index in [2.05, 4.69) is 16.7 Å². The Balaban J connectivity index is 1.45. The number of hydrogen-bond donors (Lipinski definition) is 2. The molecule has 16 heavy (non-hydrogen) atoms. The fourth-order valence-corrected chi connectivity index (χ4v) is 2.06. The molecule has 0 aromatic heterocycles. The number of rotatable bonds is 7. The van der Waals surface area contributed by atoms with Crippen LogP contribution in [0.4, 0.5) is 0 Å². The number of amides is 1. The maximum Gasteiger partial charge on any atom is 0.233 e. The molecule has 0 spiro atoms. The number of hydrogen-bond acceptors (Lipinski definition) is 2. The van der Waals surface area contributed by atoms with Crippen LogP contribution in [0.1, 0.15) is 38.5 Å². The molecule has 0 aromatic rings. The van der Waals surface area contributed by atoms with E-state index in [9.17, 15) is 4.79 Å². The number of nitrogens with one attached hydrogen (secondary N) is 2. The minimum Gasteiger partial charge on any atom is -0.355 e. The molecule has 3 heteroatoms. The smallest absolute Gasteiger partial charge is 0.233 e. The molecule has 3 nitrogen and oxygen atoms in total. The van der Waals surface area contributed by atoms with E-state index in [-0.39, 0.29) is 5.91 Å². The summed E-state index contributed by atoms with van der Waals surface area (Å²) in [5, 5.41) is 6.16. The first-order chi connectivity index (χ1) is 7.84. The van der Waals surface area contributed by atoms with Crippen molar-refractivity contribution in [3.05, 3.63) is 11.6 Å². The van der Waals surface area contributed by atoms with Crippen molar-refractivity contribution in [3.8, 4) is 0 Å². The molecule has 2 N–H and O–H groups in total. The van der Waals surface area contributed by atoms with Crippen LogP contribution in [-0.2, 0) is 4.79 Å². The monoisotopic (exact) mass is 222 g/mol. The zero-order chi connectivity index (χ0) is 11.2. The van der Waals surface area contributed by atoms with Gasteiger partial charge in [0, 0.05) is 6.54 Å². The molecule has 1 fully saturated rings. The summed E-state index contributed by atoms with van der Waals surface area (Å²) in [5.41, 5.74) is 1.56. The van der Waals surface area contributed by atoms with Crippen molar-refractivity contribution in [2.75, 3.05) is 19.6 Å². The van der Waals surface area contributed by atoms with Crippen LogP contribution in [0.15, 0.2) is 11.6 Å². The molecule has 1 saturated carbocycles. The van der Waals surface area contributed by atoms with Crippen LogP contribution in [0.5, 0.6) is 0 Å². The fraction of sp³-hybridized carbons (Fsp3) is 0.769. The summed E-state index contributed by atoms with van der Waals surface area (Å²) in [7, 11) is 0. The van der Waals surface area contributed by atoms with Crippen molar-refractivity contribution in [2.45, 2.75) is 38.5 Å². The fourth-order valence-electron chi connectivity index (χ4n) is 2.06. The van der Waals surface area contributed by atoms with Crippen molar-refractivity contribution in [1.29, 1.82) is 0 Å². The van der Waals surface area contributed by atoms with Gasteiger partial charge in [-0.05, 0) is 51.0 Å². The third kappa shape index (κ3) is 4.35. The molecular weight excluding hydrogens is 200 g/mol. The average molecular weight is 222 g/mol. The Morgan fingerprint density at radius 2 is 2.31 bits per heavy atom. The lowest BCUT2D eigenvalue weighted by molar-refractivity contribution is -0.120. The standard InChI is InChI=1S/C13H22N2O/c16-13(15-9-12-5-6-12)10-14-8-7-11-3-1-2-4-11/h3,12,14H,1-2,4-10H2,(H,15,16). The van der Waals surface area contributed by atoms with E-state index in [0.717, 1.165) is 25.4 Å². The molecule has 2 aliphatic carbocycles. The van der Waals surface area contributed by atoms with Gasteiger partial charge in [-0.2, -0.15) is 0 Å². The van der Waals surface area contributed by atoms with Gasteiger partial charge in [0.1, 0.15) is 0 Å². The Bertz CT molecular complexity index is 269. The molecule has 0 unspecified atom stereocenters. The van der Waals surface area contributed by atoms with E-state index in [1.807, 2.05) is 0 Å². The summed E-state index contributed by atoms with van der Waals surface area (Å²) in [5.74, 6) is 0.917. The van der Waals surface area contributed by atoms with Gasteiger partial charge in [0.2, 0.25) is 5.91 Å². The first kappa shape index (κ1) is 11.6. The second-order valence-corrected chi connectivity index (χ2v) is 4.93. The molecule has 0 aromatic carbocycles. The molecule has 0 saturated heterocycles. The minimum atomic E-state index is 0.146. The third-order valence-corrected chi connectivity index (χ3v) is 3.33. The first-order valence-corrected chi connectivity index (χ1v) is 6.50. The van der Waals surface area contributed by atoms with E-state index in [1.54, 1.807) is 5.57 Å². The number of carbonyl (C=O) groups is 1. The molecule has 0 radical (unpaired) electrons. The summed E-state index contributed by atoms with van der Waals surface area (Å²) < 4.78 is 0. The third-order valence-electron chi connectivity index (χ3n) is 3.33. The maximum absolute atomic E-state index is 11.4. The second-order valence-electron chi connectivity index (χ2n) is 4.93. The number of allylic oxidation sites excluding steroid dienone is 1. The summed E-state index contributed by atoms with van der Waals surface area (Å²) in [4.78, 5) is 11.4. The Morgan fingerprint density at radius 1 is 1.44 bits per heavy atom. The Kier molecular flexibility index (Phi) is 4.40. The molecule has 2 aliphatic rings. The van der Waals surface area contributed by atoms with E-state index in [1.165, 1.54) is 32.1 Å². The molecule has 0 aliphatic heterocycles. The Morgan fingerprint density at radius 3 is 3.00 bits per heavy atom. The zero-order valence-corrected chi connectivity index (χ0v) is 9.93. The maximum atomic E-state index is 11.4. The molecule has 0 bridgehead atoms. The van der Waals surface area contributed by atoms with E-state index in [4.69, 9.17) is 0 Å². The largest absolute Gasteiger partial charge is 0.355 e. The van der Waals surface area contributed by atoms with Crippen LogP contribution < -0.4 is 10.6 Å². The lowest BCUT2D eigenvalue weighted by Gasteiger charge is -2.06. The van der Waals surface area contributed by atoms with Gasteiger partial charge in [0.05, 0.1) is 6.54 Å². The molecular formula is C13H22N2O. The highest BCUT2D eigenvalue weighted by Gasteiger charge is 2.21. The predicted octanol–water partition coefficient (Wildman–Crippen LogP) is 1.60. The SMILES string of the molecule is O=C(CNCCC1=CCCC1)NCC1CC1. The molecule has 2 rings (SSSR count). The lowest BCUT2D eigenvalue weighted by atomic mass is 10.2. The number of carbonyl (C=O) groups excluding carboxylic acids is 1. The van der Waals surface area contributed by atoms with E-state index in [0.29, 0.717) is 6.54 Å². The van der Waals surface area contributed by atoms with Gasteiger partial charge >= 0.3 is 0 Å². The van der Waals surface area contributed by atoms with Crippen molar-refractivity contribution in [2.24, 2.45) is 5.92 Å². The van der Waals surface area contributed by atoms with Crippen LogP contribution in [0.25, 0.3) is 0 Å². The van der Waals surface area contributed by atoms with Crippen LogP contribution in [-0.4, -0.2) is 25.5 Å². The van der Waals surface area contributed by atoms with Crippen molar-refractivity contribution < 1.29 is 4.79 Å². The molecule has 0 atom stereocenters. The minimum absolute atomic E-state index is 0.146. The average Bonchev–Trinajstić information content (AvgIpc) is 2.97. The highest BCUT2D eigenvalue weighted by atomic mass is 16.1. The van der Waals surface area contributed by atoms with Gasteiger partial charge in [-0.3, -0.25) is 4.79 Å². The summed E-state index contributed by atoms with van der Waals surface area (Å²) in [6, 6.07) is 0. The van der Waals surface area contributed by atoms with Crippen LogP contribution in [0.2, 0.25) is 0 Å². The predicted molar refractivity (Wildman–Crippen MR) is 65.2 cm³/mol. The van der Waals surface area contributed by atoms with Gasteiger partial charge in [-0.1, -0.05) is 11.6 Å². The van der Waals surface area contributed by atoms with Gasteiger partial charge in [-0.25, -0.2) is 0 Å². The van der Waals surface area contributed by atoms with Crippen molar-refractivity contribution in [3.63, 3.8) is 0 Å². The van der Waals surface area contributed by atoms with Gasteiger partial charge in [0.15, 0.2) is 0 Å². The van der Waals surface area contributed by atoms with Crippen LogP contribution in [0, 0.1) is 5.92 Å². The highest BCUT2D eigenvalue weighted by molar-refractivity contribution is 5.77. The highest BCUT2D eigenvalue weighted by Crippen LogP contribution is 2.27. The van der Waals surface area contributed by atoms with Crippen LogP contribution in [0.3, 0.4) is 0 Å². The van der Waals surface area contributed by atoms with Crippen molar-refractivity contribution in [1.82, 2.24) is 10.6 Å². The lowest BCUT2D eigenvalue weighted by Crippen LogP contribution is -2.35. The quantitative estimate of drug-likeness (QED) is 0.507. The normalized spacial score (nSPS) is 19.6. The Labute approximate surface area is 97.7 Å². The molecule has 1 amide bonds. The zero-order valence-electron chi connectivity index (χ0n) is 9.93. The van der Waals surface area contributed by atoms with Gasteiger partial charge in [0.25, 0.3) is 0 Å². The van der Waals surface area contributed by atoms with Crippen molar-refractivity contribution >= 4 is 5.91 Å².